The molecule has 1 aliphatic rings. The summed E-state index contributed by atoms with van der Waals surface area (Å²) >= 11 is 3.82. The zero-order chi connectivity index (χ0) is 30.8. The molecule has 4 aromatic carbocycles. The number of anilines is 4. The summed E-state index contributed by atoms with van der Waals surface area (Å²) in [4.78, 5) is 10.5. The Labute approximate surface area is 276 Å². The molecule has 0 radical (unpaired) electrons. The van der Waals surface area contributed by atoms with E-state index in [1.54, 1.807) is 4.88 Å². The molecule has 2 aromatic heterocycles. The van der Waals surface area contributed by atoms with Gasteiger partial charge in [0.1, 0.15) is 0 Å². The average molecular weight is 625 g/mol. The number of thiophene rings is 2. The Morgan fingerprint density at radius 1 is 0.489 bits per heavy atom. The zero-order valence-electron chi connectivity index (χ0n) is 26.3. The topological polar surface area (TPSA) is 6.48 Å². The smallest absolute Gasteiger partial charge is 0.0462 e. The van der Waals surface area contributed by atoms with Crippen LogP contribution in [0.15, 0.2) is 127 Å². The number of aryl methyl sites for hydroxylation is 2. The minimum absolute atomic E-state index is 0.611. The molecule has 0 amide bonds. The van der Waals surface area contributed by atoms with Crippen molar-refractivity contribution in [3.05, 3.63) is 142 Å². The van der Waals surface area contributed by atoms with E-state index in [1.165, 1.54) is 62.7 Å². The second-order valence-corrected chi connectivity index (χ2v) is 14.9. The summed E-state index contributed by atoms with van der Waals surface area (Å²) in [5.41, 5.74) is 8.50. The molecule has 1 fully saturated rings. The van der Waals surface area contributed by atoms with Crippen LogP contribution in [0.25, 0.3) is 21.6 Å². The first-order valence-corrected chi connectivity index (χ1v) is 17.7. The van der Waals surface area contributed by atoms with Gasteiger partial charge in [-0.2, -0.15) is 0 Å². The minimum Gasteiger partial charge on any atom is -0.372 e. The molecule has 1 saturated carbocycles. The van der Waals surface area contributed by atoms with Crippen LogP contribution in [0, 0.1) is 13.8 Å². The van der Waals surface area contributed by atoms with Gasteiger partial charge in [-0.15, -0.1) is 22.7 Å². The lowest BCUT2D eigenvalue weighted by Crippen LogP contribution is -2.34. The van der Waals surface area contributed by atoms with Gasteiger partial charge in [0.15, 0.2) is 0 Å². The van der Waals surface area contributed by atoms with Gasteiger partial charge in [0.25, 0.3) is 0 Å². The van der Waals surface area contributed by atoms with Gasteiger partial charge in [-0.1, -0.05) is 54.6 Å². The second kappa shape index (κ2) is 13.1. The number of hydrogen-bond donors (Lipinski definition) is 0. The van der Waals surface area contributed by atoms with E-state index in [2.05, 4.69) is 158 Å². The SMILES string of the molecule is Cc1ccc(-c2ccc(N(c3ccccc3)c3ccc(-c4ccc(N(C)C5CCC(c6ccc(C)s6)CC5)cc4)cc3)cc2)s1. The van der Waals surface area contributed by atoms with Crippen molar-refractivity contribution in [3.8, 4) is 21.6 Å². The van der Waals surface area contributed by atoms with Crippen LogP contribution in [-0.4, -0.2) is 13.1 Å². The molecule has 4 heteroatoms. The Morgan fingerprint density at radius 3 is 1.53 bits per heavy atom. The number of hydrogen-bond acceptors (Lipinski definition) is 4. The molecular weight excluding hydrogens is 585 g/mol. The van der Waals surface area contributed by atoms with Crippen LogP contribution in [0.5, 0.6) is 0 Å². The molecule has 0 bridgehead atoms. The van der Waals surface area contributed by atoms with E-state index < -0.39 is 0 Å². The summed E-state index contributed by atoms with van der Waals surface area (Å²) in [6.07, 6.45) is 5.10. The van der Waals surface area contributed by atoms with Gasteiger partial charge in [0.2, 0.25) is 0 Å². The monoisotopic (exact) mass is 624 g/mol. The second-order valence-electron chi connectivity index (χ2n) is 12.3. The van der Waals surface area contributed by atoms with Gasteiger partial charge in [-0.05, 0) is 135 Å². The fraction of sp³-hybridized carbons (Fsp3) is 0.220. The van der Waals surface area contributed by atoms with Gasteiger partial charge in [0, 0.05) is 55.3 Å². The number of para-hydroxylation sites is 1. The molecule has 0 N–H and O–H groups in total. The van der Waals surface area contributed by atoms with Gasteiger partial charge in [-0.3, -0.25) is 0 Å². The Balaban J connectivity index is 1.06. The summed E-state index contributed by atoms with van der Waals surface area (Å²) in [5, 5.41) is 0. The highest BCUT2D eigenvalue weighted by Crippen LogP contribution is 2.40. The highest BCUT2D eigenvalue weighted by atomic mass is 32.1. The maximum absolute atomic E-state index is 2.51. The summed E-state index contributed by atoms with van der Waals surface area (Å²) in [6, 6.07) is 47.4. The molecular formula is C41H40N2S2. The third-order valence-electron chi connectivity index (χ3n) is 9.31. The van der Waals surface area contributed by atoms with Crippen molar-refractivity contribution in [2.45, 2.75) is 51.5 Å². The van der Waals surface area contributed by atoms with Gasteiger partial charge in [0.05, 0.1) is 0 Å². The lowest BCUT2D eigenvalue weighted by Gasteiger charge is -2.36. The van der Waals surface area contributed by atoms with E-state index in [4.69, 9.17) is 0 Å². The van der Waals surface area contributed by atoms with Gasteiger partial charge >= 0.3 is 0 Å². The fourth-order valence-electron chi connectivity index (χ4n) is 6.71. The third kappa shape index (κ3) is 6.49. The summed E-state index contributed by atoms with van der Waals surface area (Å²) in [5.74, 6) is 0.742. The van der Waals surface area contributed by atoms with E-state index >= 15 is 0 Å². The largest absolute Gasteiger partial charge is 0.372 e. The van der Waals surface area contributed by atoms with Crippen molar-refractivity contribution >= 4 is 45.4 Å². The first kappa shape index (κ1) is 29.6. The van der Waals surface area contributed by atoms with Crippen LogP contribution in [0.3, 0.4) is 0 Å². The van der Waals surface area contributed by atoms with E-state index in [1.807, 2.05) is 22.7 Å². The van der Waals surface area contributed by atoms with E-state index in [9.17, 15) is 0 Å². The molecule has 2 heterocycles. The van der Waals surface area contributed by atoms with Crippen molar-refractivity contribution < 1.29 is 0 Å². The molecule has 0 unspecified atom stereocenters. The van der Waals surface area contributed by atoms with Crippen molar-refractivity contribution in [3.63, 3.8) is 0 Å². The molecule has 0 atom stereocenters. The predicted octanol–water partition coefficient (Wildman–Crippen LogP) is 12.4. The zero-order valence-corrected chi connectivity index (χ0v) is 28.0. The number of nitrogens with zero attached hydrogens (tertiary/aromatic N) is 2. The normalized spacial score (nSPS) is 16.4. The van der Waals surface area contributed by atoms with Crippen molar-refractivity contribution in [2.75, 3.05) is 16.8 Å². The van der Waals surface area contributed by atoms with Crippen molar-refractivity contribution in [2.24, 2.45) is 0 Å². The standard InChI is InChI=1S/C41H40N2S2/c1-29-9-27-40(44-29)33-15-21-36(22-16-33)42(3)35-19-11-31(12-20-35)32-13-23-38(24-14-32)43(37-7-5-4-6-8-37)39-25-17-34(18-26-39)41-28-10-30(2)45-41/h4-14,17-20,23-28,33,36H,15-16,21-22H2,1-3H3. The molecule has 0 aliphatic heterocycles. The van der Waals surface area contributed by atoms with Crippen LogP contribution in [0.1, 0.15) is 46.2 Å². The Bertz CT molecular complexity index is 1820. The van der Waals surface area contributed by atoms with Gasteiger partial charge in [-0.25, -0.2) is 0 Å². The first-order chi connectivity index (χ1) is 22.0. The van der Waals surface area contributed by atoms with Crippen LogP contribution in [-0.2, 0) is 0 Å². The van der Waals surface area contributed by atoms with Crippen LogP contribution in [0.2, 0.25) is 0 Å². The highest BCUT2D eigenvalue weighted by Gasteiger charge is 2.26. The van der Waals surface area contributed by atoms with Crippen LogP contribution < -0.4 is 9.80 Å². The molecule has 1 aliphatic carbocycles. The lowest BCUT2D eigenvalue weighted by atomic mass is 9.84. The van der Waals surface area contributed by atoms with Crippen LogP contribution >= 0.6 is 22.7 Å². The molecule has 7 rings (SSSR count). The quantitative estimate of drug-likeness (QED) is 0.166. The van der Waals surface area contributed by atoms with E-state index in [0.717, 1.165) is 23.0 Å². The number of rotatable bonds is 8. The molecule has 0 spiro atoms. The molecule has 0 saturated heterocycles. The minimum atomic E-state index is 0.611. The molecule has 226 valence electrons. The highest BCUT2D eigenvalue weighted by molar-refractivity contribution is 7.15. The fourth-order valence-corrected chi connectivity index (χ4v) is 8.63. The molecule has 45 heavy (non-hydrogen) atoms. The summed E-state index contributed by atoms with van der Waals surface area (Å²) in [7, 11) is 2.27. The maximum atomic E-state index is 2.51. The lowest BCUT2D eigenvalue weighted by molar-refractivity contribution is 0.388. The Kier molecular flexibility index (Phi) is 8.60. The Morgan fingerprint density at radius 2 is 1.00 bits per heavy atom. The maximum Gasteiger partial charge on any atom is 0.0462 e. The summed E-state index contributed by atoms with van der Waals surface area (Å²) < 4.78 is 0. The van der Waals surface area contributed by atoms with Gasteiger partial charge < -0.3 is 9.80 Å². The number of benzene rings is 4. The molecule has 2 nitrogen and oxygen atoms in total. The van der Waals surface area contributed by atoms with E-state index in [-0.39, 0.29) is 0 Å². The van der Waals surface area contributed by atoms with Crippen molar-refractivity contribution in [1.29, 1.82) is 0 Å². The van der Waals surface area contributed by atoms with Crippen molar-refractivity contribution in [1.82, 2.24) is 0 Å². The summed E-state index contributed by atoms with van der Waals surface area (Å²) in [6.45, 7) is 4.38. The Hall–Kier alpha value is -4.12. The van der Waals surface area contributed by atoms with Crippen LogP contribution in [0.4, 0.5) is 22.7 Å². The third-order valence-corrected chi connectivity index (χ3v) is 11.5. The average Bonchev–Trinajstić information content (AvgIpc) is 3.74. The van der Waals surface area contributed by atoms with E-state index in [0.29, 0.717) is 6.04 Å². The molecule has 6 aromatic rings. The predicted molar refractivity (Wildman–Crippen MR) is 197 cm³/mol. The first-order valence-electron chi connectivity index (χ1n) is 16.0.